The summed E-state index contributed by atoms with van der Waals surface area (Å²) in [7, 11) is 6.37. The Morgan fingerprint density at radius 3 is 1.20 bits per heavy atom. The lowest BCUT2D eigenvalue weighted by Gasteiger charge is -2.20. The number of aromatic nitrogens is 4. The molecule has 2 aliphatic carbocycles. The smallest absolute Gasteiger partial charge is 0.255 e. The number of hydrogen-bond donors (Lipinski definition) is 0. The Balaban J connectivity index is 0.000000161. The first-order valence-corrected chi connectivity index (χ1v) is 14.2. The summed E-state index contributed by atoms with van der Waals surface area (Å²) >= 11 is 0. The fourth-order valence-corrected chi connectivity index (χ4v) is 6.14. The van der Waals surface area contributed by atoms with E-state index in [4.69, 9.17) is 18.9 Å². The summed E-state index contributed by atoms with van der Waals surface area (Å²) in [5.74, 6) is 2.49. The molecule has 2 aliphatic rings. The highest BCUT2D eigenvalue weighted by molar-refractivity contribution is 5.80. The van der Waals surface area contributed by atoms with Gasteiger partial charge in [-0.3, -0.25) is 0 Å². The molecule has 0 amide bonds. The van der Waals surface area contributed by atoms with Crippen LogP contribution >= 0.6 is 0 Å². The zero-order valence-corrected chi connectivity index (χ0v) is 23.9. The number of benzene rings is 2. The molecule has 0 N–H and O–H groups in total. The average Bonchev–Trinajstić information content (AvgIpc) is 3.51. The molecule has 0 saturated heterocycles. The van der Waals surface area contributed by atoms with Crippen LogP contribution in [0.15, 0.2) is 36.7 Å². The van der Waals surface area contributed by atoms with Gasteiger partial charge in [-0.25, -0.2) is 0 Å². The van der Waals surface area contributed by atoms with Crippen molar-refractivity contribution in [2.45, 2.75) is 76.3 Å². The standard InChI is InChI=1S/2C15H20N2O3/c2*1-19-14-8-11-10-16(12-6-4-3-5-7-12)17(18)13(11)9-15(14)20-2/h2*8-10,12H,3-7H2,1-2H3. The second-order valence-corrected chi connectivity index (χ2v) is 10.7. The van der Waals surface area contributed by atoms with Crippen molar-refractivity contribution in [3.8, 4) is 23.0 Å². The monoisotopic (exact) mass is 552 g/mol. The molecular weight excluding hydrogens is 512 g/mol. The lowest BCUT2D eigenvalue weighted by atomic mass is 9.96. The van der Waals surface area contributed by atoms with Crippen LogP contribution in [0.25, 0.3) is 21.8 Å². The van der Waals surface area contributed by atoms with Crippen molar-refractivity contribution < 1.29 is 28.6 Å². The van der Waals surface area contributed by atoms with Crippen molar-refractivity contribution in [3.05, 3.63) is 47.1 Å². The van der Waals surface area contributed by atoms with E-state index < -0.39 is 0 Å². The Kier molecular flexibility index (Phi) is 8.42. The molecule has 40 heavy (non-hydrogen) atoms. The molecule has 4 aromatic rings. The first-order chi connectivity index (χ1) is 19.5. The predicted octanol–water partition coefficient (Wildman–Crippen LogP) is 5.59. The van der Waals surface area contributed by atoms with Gasteiger partial charge in [0, 0.05) is 0 Å². The van der Waals surface area contributed by atoms with Gasteiger partial charge in [0.05, 0.1) is 75.8 Å². The van der Waals surface area contributed by atoms with E-state index in [2.05, 4.69) is 0 Å². The molecule has 2 fully saturated rings. The summed E-state index contributed by atoms with van der Waals surface area (Å²) in [5.41, 5.74) is 1.27. The van der Waals surface area contributed by atoms with Crippen molar-refractivity contribution in [1.82, 2.24) is 9.36 Å². The van der Waals surface area contributed by atoms with Gasteiger partial charge in [0.1, 0.15) is 0 Å². The first-order valence-electron chi connectivity index (χ1n) is 14.2. The third-order valence-corrected chi connectivity index (χ3v) is 8.34. The van der Waals surface area contributed by atoms with Gasteiger partial charge in [-0.1, -0.05) is 48.2 Å². The highest BCUT2D eigenvalue weighted by Gasteiger charge is 2.25. The van der Waals surface area contributed by atoms with E-state index in [0.29, 0.717) is 46.1 Å². The molecule has 10 heteroatoms. The Morgan fingerprint density at radius 1 is 0.550 bits per heavy atom. The van der Waals surface area contributed by atoms with E-state index in [9.17, 15) is 10.4 Å². The molecule has 10 nitrogen and oxygen atoms in total. The molecule has 2 saturated carbocycles. The molecular formula is C30H40N4O6. The minimum absolute atomic E-state index is 0.311. The summed E-state index contributed by atoms with van der Waals surface area (Å²) in [4.78, 5) is 1.99. The van der Waals surface area contributed by atoms with Gasteiger partial charge in [0.25, 0.3) is 11.0 Å². The minimum Gasteiger partial charge on any atom is -0.595 e. The molecule has 6 rings (SSSR count). The molecule has 216 valence electrons. The maximum absolute atomic E-state index is 12.5. The van der Waals surface area contributed by atoms with Crippen LogP contribution in [0.4, 0.5) is 0 Å². The zero-order chi connectivity index (χ0) is 28.2. The van der Waals surface area contributed by atoms with E-state index in [1.165, 1.54) is 38.5 Å². The fraction of sp³-hybridized carbons (Fsp3) is 0.533. The fourth-order valence-electron chi connectivity index (χ4n) is 6.14. The highest BCUT2D eigenvalue weighted by atomic mass is 16.5. The van der Waals surface area contributed by atoms with E-state index in [1.807, 2.05) is 33.9 Å². The maximum Gasteiger partial charge on any atom is 0.255 e. The number of ether oxygens (including phenoxy) is 4. The Morgan fingerprint density at radius 2 is 0.875 bits per heavy atom. The summed E-state index contributed by atoms with van der Waals surface area (Å²) in [6, 6.07) is 7.85. The second kappa shape index (κ2) is 12.1. The summed E-state index contributed by atoms with van der Waals surface area (Å²) in [6.07, 6.45) is 15.5. The van der Waals surface area contributed by atoms with Gasteiger partial charge in [-0.2, -0.15) is 0 Å². The number of rotatable bonds is 6. The van der Waals surface area contributed by atoms with Gasteiger partial charge in [-0.05, 0) is 37.8 Å². The van der Waals surface area contributed by atoms with Crippen LogP contribution < -0.4 is 28.6 Å². The molecule has 0 unspecified atom stereocenters. The van der Waals surface area contributed by atoms with Crippen LogP contribution in [0.5, 0.6) is 23.0 Å². The third kappa shape index (κ3) is 5.31. The summed E-state index contributed by atoms with van der Waals surface area (Å²) < 4.78 is 24.8. The molecule has 0 atom stereocenters. The van der Waals surface area contributed by atoms with Gasteiger partial charge < -0.3 is 29.4 Å². The van der Waals surface area contributed by atoms with Crippen LogP contribution in [0.1, 0.15) is 76.3 Å². The van der Waals surface area contributed by atoms with Gasteiger partial charge in [-0.15, -0.1) is 9.36 Å². The Hall–Kier alpha value is -3.82. The molecule has 0 radical (unpaired) electrons. The van der Waals surface area contributed by atoms with E-state index in [-0.39, 0.29) is 0 Å². The lowest BCUT2D eigenvalue weighted by molar-refractivity contribution is -0.674. The van der Waals surface area contributed by atoms with Crippen molar-refractivity contribution in [1.29, 1.82) is 0 Å². The highest BCUT2D eigenvalue weighted by Crippen LogP contribution is 2.35. The number of fused-ring (bicyclic) bond motifs is 2. The molecule has 0 aliphatic heterocycles. The first kappa shape index (κ1) is 27.7. The van der Waals surface area contributed by atoms with E-state index in [0.717, 1.165) is 46.1 Å². The van der Waals surface area contributed by atoms with E-state index >= 15 is 0 Å². The van der Waals surface area contributed by atoms with Gasteiger partial charge in [0.2, 0.25) is 0 Å². The predicted molar refractivity (Wildman–Crippen MR) is 152 cm³/mol. The average molecular weight is 553 g/mol. The van der Waals surface area contributed by atoms with E-state index in [1.54, 1.807) is 40.6 Å². The van der Waals surface area contributed by atoms with Crippen LogP contribution in [0.3, 0.4) is 0 Å². The molecule has 2 aromatic carbocycles. The lowest BCUT2D eigenvalue weighted by Crippen LogP contribution is -2.40. The molecule has 0 spiro atoms. The van der Waals surface area contributed by atoms with Crippen molar-refractivity contribution >= 4 is 21.8 Å². The zero-order valence-electron chi connectivity index (χ0n) is 23.9. The topological polar surface area (TPSA) is 101 Å². The van der Waals surface area contributed by atoms with Crippen molar-refractivity contribution in [2.24, 2.45) is 0 Å². The van der Waals surface area contributed by atoms with Crippen LogP contribution in [-0.4, -0.2) is 37.8 Å². The summed E-state index contributed by atoms with van der Waals surface area (Å²) in [5, 5.41) is 26.7. The van der Waals surface area contributed by atoms with Crippen molar-refractivity contribution in [3.63, 3.8) is 0 Å². The third-order valence-electron chi connectivity index (χ3n) is 8.34. The minimum atomic E-state index is 0.311. The largest absolute Gasteiger partial charge is 0.595 e. The molecule has 2 heterocycles. The summed E-state index contributed by atoms with van der Waals surface area (Å²) in [6.45, 7) is 0. The van der Waals surface area contributed by atoms with Crippen molar-refractivity contribution in [2.75, 3.05) is 28.4 Å². The van der Waals surface area contributed by atoms with Gasteiger partial charge in [0.15, 0.2) is 23.0 Å². The Bertz CT molecular complexity index is 1340. The molecule has 2 aromatic heterocycles. The maximum atomic E-state index is 12.5. The van der Waals surface area contributed by atoms with Crippen LogP contribution in [0, 0.1) is 10.4 Å². The quantitative estimate of drug-likeness (QED) is 0.228. The Labute approximate surface area is 234 Å². The van der Waals surface area contributed by atoms with Gasteiger partial charge >= 0.3 is 0 Å². The number of nitrogens with zero attached hydrogens (tertiary/aromatic N) is 4. The van der Waals surface area contributed by atoms with Crippen LogP contribution in [0.2, 0.25) is 0 Å². The normalized spacial score (nSPS) is 16.5. The molecule has 0 bridgehead atoms. The number of hydrogen-bond acceptors (Lipinski definition) is 6. The van der Waals surface area contributed by atoms with Crippen LogP contribution in [-0.2, 0) is 0 Å². The SMILES string of the molecule is COc1cc2cn(C3CCCCC3)[n+]([O-])c2cc1OC.COc1cc2cn(C3CCCCC3)[n+]([O-])c2cc1OC. The number of methoxy groups -OCH3 is 4. The second-order valence-electron chi connectivity index (χ2n) is 10.7.